The Kier molecular flexibility index (Phi) is 5.02. The summed E-state index contributed by atoms with van der Waals surface area (Å²) in [6.45, 7) is 0. The van der Waals surface area contributed by atoms with Gasteiger partial charge in [0.05, 0.1) is 13.0 Å². The van der Waals surface area contributed by atoms with Gasteiger partial charge in [-0.3, -0.25) is 4.79 Å². The molecule has 1 rings (SSSR count). The first-order valence-electron chi connectivity index (χ1n) is 4.44. The van der Waals surface area contributed by atoms with Crippen molar-refractivity contribution in [2.24, 2.45) is 11.8 Å². The molecule has 1 saturated heterocycles. The van der Waals surface area contributed by atoms with Gasteiger partial charge in [-0.2, -0.15) is 23.5 Å². The van der Waals surface area contributed by atoms with Crippen molar-refractivity contribution >= 4 is 29.5 Å². The molecule has 13 heavy (non-hydrogen) atoms. The van der Waals surface area contributed by atoms with Gasteiger partial charge >= 0.3 is 5.97 Å². The number of methoxy groups -OCH3 is 1. The topological polar surface area (TPSA) is 26.3 Å². The van der Waals surface area contributed by atoms with Gasteiger partial charge in [0.15, 0.2) is 0 Å². The summed E-state index contributed by atoms with van der Waals surface area (Å²) in [6.07, 6.45) is 3.21. The molecule has 0 radical (unpaired) electrons. The zero-order valence-electron chi connectivity index (χ0n) is 8.12. The monoisotopic (exact) mass is 220 g/mol. The van der Waals surface area contributed by atoms with Crippen LogP contribution >= 0.6 is 23.5 Å². The lowest BCUT2D eigenvalue weighted by Gasteiger charge is -2.18. The molecule has 2 unspecified atom stereocenters. The van der Waals surface area contributed by atoms with Crippen LogP contribution in [0.2, 0.25) is 0 Å². The van der Waals surface area contributed by atoms with E-state index in [1.807, 2.05) is 18.0 Å². The van der Waals surface area contributed by atoms with Crippen LogP contribution in [0.5, 0.6) is 0 Å². The normalized spacial score (nSPS) is 24.3. The maximum atomic E-state index is 11.4. The summed E-state index contributed by atoms with van der Waals surface area (Å²) in [7, 11) is 1.48. The number of ether oxygens (including phenoxy) is 1. The SMILES string of the molecule is COC(=O)C(CSC)C1CCSC1. The Morgan fingerprint density at radius 2 is 2.54 bits per heavy atom. The van der Waals surface area contributed by atoms with Crippen molar-refractivity contribution < 1.29 is 9.53 Å². The van der Waals surface area contributed by atoms with Crippen molar-refractivity contribution in [3.8, 4) is 0 Å². The van der Waals surface area contributed by atoms with Gasteiger partial charge in [-0.15, -0.1) is 0 Å². The smallest absolute Gasteiger partial charge is 0.309 e. The maximum Gasteiger partial charge on any atom is 0.309 e. The third-order valence-electron chi connectivity index (χ3n) is 2.38. The molecule has 76 valence electrons. The van der Waals surface area contributed by atoms with Gasteiger partial charge in [-0.1, -0.05) is 0 Å². The zero-order valence-corrected chi connectivity index (χ0v) is 9.75. The van der Waals surface area contributed by atoms with E-state index < -0.39 is 0 Å². The third-order valence-corrected chi connectivity index (χ3v) is 4.26. The highest BCUT2D eigenvalue weighted by molar-refractivity contribution is 7.99. The molecule has 1 heterocycles. The van der Waals surface area contributed by atoms with Crippen LogP contribution in [0.15, 0.2) is 0 Å². The summed E-state index contributed by atoms with van der Waals surface area (Å²) in [5.74, 6) is 3.87. The number of esters is 1. The second-order valence-corrected chi connectivity index (χ2v) is 5.27. The Labute approximate surface area is 88.2 Å². The van der Waals surface area contributed by atoms with E-state index in [1.165, 1.54) is 19.3 Å². The lowest BCUT2D eigenvalue weighted by atomic mass is 9.94. The molecule has 0 aliphatic carbocycles. The molecule has 0 aromatic carbocycles. The largest absolute Gasteiger partial charge is 0.469 e. The minimum absolute atomic E-state index is 0.0261. The molecule has 4 heteroatoms. The Bertz CT molecular complexity index is 167. The first-order chi connectivity index (χ1) is 6.29. The Morgan fingerprint density at radius 1 is 1.77 bits per heavy atom. The fourth-order valence-corrected chi connectivity index (χ4v) is 3.70. The minimum atomic E-state index is -0.0261. The van der Waals surface area contributed by atoms with Crippen molar-refractivity contribution in [3.05, 3.63) is 0 Å². The molecule has 0 aromatic heterocycles. The van der Waals surface area contributed by atoms with E-state index in [1.54, 1.807) is 11.8 Å². The first-order valence-corrected chi connectivity index (χ1v) is 6.99. The van der Waals surface area contributed by atoms with E-state index in [9.17, 15) is 4.79 Å². The molecule has 1 aliphatic heterocycles. The van der Waals surface area contributed by atoms with Crippen molar-refractivity contribution in [2.45, 2.75) is 6.42 Å². The van der Waals surface area contributed by atoms with Crippen LogP contribution in [0.1, 0.15) is 6.42 Å². The summed E-state index contributed by atoms with van der Waals surface area (Å²) < 4.78 is 4.82. The van der Waals surface area contributed by atoms with Gasteiger partial charge in [0.1, 0.15) is 0 Å². The summed E-state index contributed by atoms with van der Waals surface area (Å²) in [5, 5.41) is 0. The number of hydrogen-bond acceptors (Lipinski definition) is 4. The lowest BCUT2D eigenvalue weighted by Crippen LogP contribution is -2.27. The van der Waals surface area contributed by atoms with Gasteiger partial charge in [0, 0.05) is 5.75 Å². The predicted molar refractivity (Wildman–Crippen MR) is 59.3 cm³/mol. The summed E-state index contributed by atoms with van der Waals surface area (Å²) in [4.78, 5) is 11.4. The van der Waals surface area contributed by atoms with Crippen LogP contribution in [0, 0.1) is 11.8 Å². The number of hydrogen-bond donors (Lipinski definition) is 0. The number of rotatable bonds is 4. The number of carbonyl (C=O) groups is 1. The highest BCUT2D eigenvalue weighted by atomic mass is 32.2. The van der Waals surface area contributed by atoms with Crippen LogP contribution in [-0.2, 0) is 9.53 Å². The fraction of sp³-hybridized carbons (Fsp3) is 0.889. The number of thioether (sulfide) groups is 2. The van der Waals surface area contributed by atoms with Crippen LogP contribution in [-0.4, -0.2) is 36.6 Å². The summed E-state index contributed by atoms with van der Waals surface area (Å²) in [6, 6.07) is 0. The molecule has 0 N–H and O–H groups in total. The van der Waals surface area contributed by atoms with E-state index in [4.69, 9.17) is 4.74 Å². The Hall–Kier alpha value is 0.170. The standard InChI is InChI=1S/C9H16O2S2/c1-11-9(10)8(6-12-2)7-3-4-13-5-7/h7-8H,3-6H2,1-2H3. The van der Waals surface area contributed by atoms with Crippen molar-refractivity contribution in [3.63, 3.8) is 0 Å². The third kappa shape index (κ3) is 3.09. The van der Waals surface area contributed by atoms with E-state index in [0.29, 0.717) is 5.92 Å². The molecule has 2 nitrogen and oxygen atoms in total. The minimum Gasteiger partial charge on any atom is -0.469 e. The molecule has 2 atom stereocenters. The van der Waals surface area contributed by atoms with Crippen LogP contribution in [0.3, 0.4) is 0 Å². The average molecular weight is 220 g/mol. The van der Waals surface area contributed by atoms with Crippen LogP contribution < -0.4 is 0 Å². The van der Waals surface area contributed by atoms with Crippen molar-refractivity contribution in [2.75, 3.05) is 30.6 Å². The van der Waals surface area contributed by atoms with Crippen molar-refractivity contribution in [1.82, 2.24) is 0 Å². The average Bonchev–Trinajstić information content (AvgIpc) is 2.65. The molecular formula is C9H16O2S2. The molecule has 1 aliphatic rings. The van der Waals surface area contributed by atoms with Gasteiger partial charge in [0.25, 0.3) is 0 Å². The Balaban J connectivity index is 2.49. The lowest BCUT2D eigenvalue weighted by molar-refractivity contribution is -0.146. The van der Waals surface area contributed by atoms with E-state index in [2.05, 4.69) is 0 Å². The van der Waals surface area contributed by atoms with Crippen LogP contribution in [0.4, 0.5) is 0 Å². The van der Waals surface area contributed by atoms with Crippen molar-refractivity contribution in [1.29, 1.82) is 0 Å². The highest BCUT2D eigenvalue weighted by Crippen LogP contribution is 2.31. The molecular weight excluding hydrogens is 204 g/mol. The van der Waals surface area contributed by atoms with Gasteiger partial charge < -0.3 is 4.74 Å². The quantitative estimate of drug-likeness (QED) is 0.676. The zero-order chi connectivity index (χ0) is 9.68. The van der Waals surface area contributed by atoms with E-state index >= 15 is 0 Å². The first kappa shape index (κ1) is 11.2. The summed E-state index contributed by atoms with van der Waals surface area (Å²) >= 11 is 3.68. The second kappa shape index (κ2) is 5.81. The molecule has 0 aromatic rings. The molecule has 0 saturated carbocycles. The van der Waals surface area contributed by atoms with E-state index in [0.717, 1.165) is 11.5 Å². The second-order valence-electron chi connectivity index (χ2n) is 3.21. The summed E-state index contributed by atoms with van der Waals surface area (Å²) in [5.41, 5.74) is 0. The van der Waals surface area contributed by atoms with Gasteiger partial charge in [-0.05, 0) is 30.1 Å². The van der Waals surface area contributed by atoms with Gasteiger partial charge in [-0.25, -0.2) is 0 Å². The maximum absolute atomic E-state index is 11.4. The molecule has 1 fully saturated rings. The van der Waals surface area contributed by atoms with E-state index in [-0.39, 0.29) is 11.9 Å². The predicted octanol–water partition coefficient (Wildman–Crippen LogP) is 1.89. The molecule has 0 spiro atoms. The Morgan fingerprint density at radius 3 is 3.00 bits per heavy atom. The highest BCUT2D eigenvalue weighted by Gasteiger charge is 2.31. The fourth-order valence-electron chi connectivity index (χ4n) is 1.60. The molecule has 0 bridgehead atoms. The number of carbonyl (C=O) groups excluding carboxylic acids is 1. The molecule has 0 amide bonds. The van der Waals surface area contributed by atoms with Gasteiger partial charge in [0.2, 0.25) is 0 Å². The van der Waals surface area contributed by atoms with Crippen LogP contribution in [0.25, 0.3) is 0 Å².